The van der Waals surface area contributed by atoms with E-state index >= 15 is 0 Å². The van der Waals surface area contributed by atoms with E-state index in [9.17, 15) is 10.1 Å². The van der Waals surface area contributed by atoms with Crippen molar-refractivity contribution in [3.8, 4) is 28.7 Å². The van der Waals surface area contributed by atoms with Gasteiger partial charge in [-0.1, -0.05) is 36.4 Å². The third-order valence-electron chi connectivity index (χ3n) is 5.27. The highest BCUT2D eigenvalue weighted by molar-refractivity contribution is 5.98. The van der Waals surface area contributed by atoms with Crippen molar-refractivity contribution < 1.29 is 4.79 Å². The molecule has 0 unspecified atom stereocenters. The molecule has 0 aliphatic carbocycles. The molecule has 2 aromatic carbocycles. The maximum absolute atomic E-state index is 12.5. The van der Waals surface area contributed by atoms with Crippen LogP contribution >= 0.6 is 0 Å². The number of carbonyl (C=O) groups is 1. The molecule has 5 aromatic rings. The minimum absolute atomic E-state index is 0.168. The van der Waals surface area contributed by atoms with Crippen molar-refractivity contribution >= 4 is 17.7 Å². The van der Waals surface area contributed by atoms with Crippen LogP contribution in [0.2, 0.25) is 0 Å². The first-order chi connectivity index (χ1) is 17.7. The second-order valence-electron chi connectivity index (χ2n) is 7.71. The van der Waals surface area contributed by atoms with Crippen molar-refractivity contribution in [3.05, 3.63) is 102 Å². The molecule has 0 atom stereocenters. The molecule has 10 nitrogen and oxygen atoms in total. The van der Waals surface area contributed by atoms with E-state index in [-0.39, 0.29) is 5.95 Å². The normalized spacial score (nSPS) is 10.4. The van der Waals surface area contributed by atoms with Gasteiger partial charge in [0.25, 0.3) is 0 Å². The summed E-state index contributed by atoms with van der Waals surface area (Å²) in [6.07, 6.45) is 5.31. The molecule has 3 aromatic heterocycles. The van der Waals surface area contributed by atoms with Gasteiger partial charge in [0.15, 0.2) is 5.82 Å². The summed E-state index contributed by atoms with van der Waals surface area (Å²) in [4.78, 5) is 29.5. The van der Waals surface area contributed by atoms with Crippen LogP contribution in [-0.2, 0) is 6.42 Å². The molecule has 0 radical (unpaired) electrons. The average Bonchev–Trinajstić information content (AvgIpc) is 3.39. The summed E-state index contributed by atoms with van der Waals surface area (Å²) in [5, 5.41) is 22.2. The van der Waals surface area contributed by atoms with E-state index in [0.29, 0.717) is 35.0 Å². The minimum atomic E-state index is -0.519. The maximum Gasteiger partial charge on any atom is 0.326 e. The molecule has 3 N–H and O–H groups in total. The minimum Gasteiger partial charge on any atom is -0.308 e. The molecule has 36 heavy (non-hydrogen) atoms. The largest absolute Gasteiger partial charge is 0.326 e. The van der Waals surface area contributed by atoms with Crippen LogP contribution in [0, 0.1) is 11.3 Å². The molecular formula is C26H19N9O. The second-order valence-corrected chi connectivity index (χ2v) is 7.71. The van der Waals surface area contributed by atoms with Crippen LogP contribution in [0.15, 0.2) is 85.3 Å². The number of anilines is 2. The Kier molecular flexibility index (Phi) is 6.36. The Morgan fingerprint density at radius 2 is 1.75 bits per heavy atom. The monoisotopic (exact) mass is 473 g/mol. The van der Waals surface area contributed by atoms with Gasteiger partial charge in [0, 0.05) is 41.8 Å². The number of H-pyrrole nitrogens is 1. The standard InChI is InChI=1S/C26H19N9O/c27-16-20-14-21(7-6-19(20)15-23-32-24(35-34-23)18-8-11-28-12-9-18)30-26(36)33-25-29-13-10-22(31-25)17-4-2-1-3-5-17/h1-14H,15H2,(H,32,34,35)(H2,29,30,31,33,36). The number of aromatic amines is 1. The lowest BCUT2D eigenvalue weighted by Gasteiger charge is -2.09. The van der Waals surface area contributed by atoms with Gasteiger partial charge in [0.2, 0.25) is 5.95 Å². The quantitative estimate of drug-likeness (QED) is 0.331. The number of pyridine rings is 1. The molecular weight excluding hydrogens is 454 g/mol. The number of rotatable bonds is 6. The highest BCUT2D eigenvalue weighted by Crippen LogP contribution is 2.20. The molecule has 0 aliphatic rings. The summed E-state index contributed by atoms with van der Waals surface area (Å²) in [7, 11) is 0. The second kappa shape index (κ2) is 10.2. The summed E-state index contributed by atoms with van der Waals surface area (Å²) in [5.41, 5.74) is 4.07. The van der Waals surface area contributed by atoms with Crippen molar-refractivity contribution in [2.24, 2.45) is 0 Å². The Bertz CT molecular complexity index is 1540. The molecule has 0 aliphatic heterocycles. The lowest BCUT2D eigenvalue weighted by Crippen LogP contribution is -2.21. The average molecular weight is 474 g/mol. The van der Waals surface area contributed by atoms with Gasteiger partial charge >= 0.3 is 6.03 Å². The molecule has 174 valence electrons. The number of hydrogen-bond donors (Lipinski definition) is 3. The van der Waals surface area contributed by atoms with Gasteiger partial charge in [0.05, 0.1) is 17.3 Å². The predicted octanol–water partition coefficient (Wildman–Crippen LogP) is 4.43. The number of urea groups is 1. The number of benzene rings is 2. The fourth-order valence-corrected chi connectivity index (χ4v) is 3.55. The molecule has 2 amide bonds. The third kappa shape index (κ3) is 5.21. The zero-order valence-electron chi connectivity index (χ0n) is 18.9. The SMILES string of the molecule is N#Cc1cc(NC(=O)Nc2nccc(-c3ccccc3)n2)ccc1Cc1nc(-c2ccncc2)n[nH]1. The summed E-state index contributed by atoms with van der Waals surface area (Å²) >= 11 is 0. The number of nitriles is 1. The highest BCUT2D eigenvalue weighted by Gasteiger charge is 2.12. The van der Waals surface area contributed by atoms with Crippen LogP contribution in [0.5, 0.6) is 0 Å². The molecule has 10 heteroatoms. The zero-order chi connectivity index (χ0) is 24.7. The first-order valence-corrected chi connectivity index (χ1v) is 11.0. The van der Waals surface area contributed by atoms with E-state index < -0.39 is 6.03 Å². The van der Waals surface area contributed by atoms with Gasteiger partial charge in [0.1, 0.15) is 5.82 Å². The van der Waals surface area contributed by atoms with Crippen LogP contribution in [0.25, 0.3) is 22.6 Å². The molecule has 0 saturated carbocycles. The van der Waals surface area contributed by atoms with Crippen LogP contribution in [0.4, 0.5) is 16.4 Å². The maximum atomic E-state index is 12.5. The van der Waals surface area contributed by atoms with Gasteiger partial charge in [-0.25, -0.2) is 19.7 Å². The van der Waals surface area contributed by atoms with Crippen LogP contribution in [-0.4, -0.2) is 36.2 Å². The van der Waals surface area contributed by atoms with Crippen molar-refractivity contribution in [1.82, 2.24) is 30.1 Å². The summed E-state index contributed by atoms with van der Waals surface area (Å²) in [6, 6.07) is 21.8. The molecule has 5 rings (SSSR count). The van der Waals surface area contributed by atoms with E-state index in [4.69, 9.17) is 0 Å². The number of amides is 2. The Morgan fingerprint density at radius 1 is 0.917 bits per heavy atom. The van der Waals surface area contributed by atoms with Crippen molar-refractivity contribution in [2.45, 2.75) is 6.42 Å². The van der Waals surface area contributed by atoms with E-state index in [1.165, 1.54) is 0 Å². The van der Waals surface area contributed by atoms with Gasteiger partial charge in [-0.2, -0.15) is 10.4 Å². The van der Waals surface area contributed by atoms with Crippen molar-refractivity contribution in [3.63, 3.8) is 0 Å². The smallest absolute Gasteiger partial charge is 0.308 e. The van der Waals surface area contributed by atoms with Crippen LogP contribution < -0.4 is 10.6 Å². The predicted molar refractivity (Wildman–Crippen MR) is 134 cm³/mol. The lowest BCUT2D eigenvalue weighted by molar-refractivity contribution is 0.262. The molecule has 0 saturated heterocycles. The lowest BCUT2D eigenvalue weighted by atomic mass is 10.0. The van der Waals surface area contributed by atoms with Crippen molar-refractivity contribution in [2.75, 3.05) is 10.6 Å². The number of nitrogens with zero attached hydrogens (tertiary/aromatic N) is 6. The highest BCUT2D eigenvalue weighted by atomic mass is 16.2. The Morgan fingerprint density at radius 3 is 2.56 bits per heavy atom. The van der Waals surface area contributed by atoms with Crippen LogP contribution in [0.3, 0.4) is 0 Å². The molecule has 0 spiro atoms. The number of nitrogens with one attached hydrogen (secondary N) is 3. The Labute approximate surface area is 206 Å². The first kappa shape index (κ1) is 22.4. The van der Waals surface area contributed by atoms with Crippen molar-refractivity contribution in [1.29, 1.82) is 5.26 Å². The molecule has 0 bridgehead atoms. The summed E-state index contributed by atoms with van der Waals surface area (Å²) < 4.78 is 0. The van der Waals surface area contributed by atoms with E-state index in [1.54, 1.807) is 42.9 Å². The molecule has 0 fully saturated rings. The fourth-order valence-electron chi connectivity index (χ4n) is 3.55. The van der Waals surface area contributed by atoms with E-state index in [2.05, 4.69) is 46.8 Å². The third-order valence-corrected chi connectivity index (χ3v) is 5.27. The van der Waals surface area contributed by atoms with Gasteiger partial charge < -0.3 is 5.32 Å². The summed E-state index contributed by atoms with van der Waals surface area (Å²) in [6.45, 7) is 0. The van der Waals surface area contributed by atoms with E-state index in [1.807, 2.05) is 42.5 Å². The number of carbonyl (C=O) groups excluding carboxylic acids is 1. The van der Waals surface area contributed by atoms with Gasteiger partial charge in [-0.3, -0.25) is 15.4 Å². The van der Waals surface area contributed by atoms with E-state index in [0.717, 1.165) is 16.7 Å². The summed E-state index contributed by atoms with van der Waals surface area (Å²) in [5.74, 6) is 1.34. The Balaban J connectivity index is 1.26. The van der Waals surface area contributed by atoms with Gasteiger partial charge in [-0.15, -0.1) is 0 Å². The number of hydrogen-bond acceptors (Lipinski definition) is 7. The topological polar surface area (TPSA) is 145 Å². The fraction of sp³-hybridized carbons (Fsp3) is 0.0385. The number of aromatic nitrogens is 6. The molecule has 3 heterocycles. The Hall–Kier alpha value is -5.43. The van der Waals surface area contributed by atoms with Crippen LogP contribution in [0.1, 0.15) is 17.0 Å². The first-order valence-electron chi connectivity index (χ1n) is 11.0. The zero-order valence-corrected chi connectivity index (χ0v) is 18.9. The van der Waals surface area contributed by atoms with Gasteiger partial charge in [-0.05, 0) is 35.9 Å².